The highest BCUT2D eigenvalue weighted by molar-refractivity contribution is 5.04. The minimum absolute atomic E-state index is 0.198. The number of hydrogen-bond donors (Lipinski definition) is 1. The molecule has 0 spiro atoms. The van der Waals surface area contributed by atoms with Crippen LogP contribution in [0.3, 0.4) is 0 Å². The van der Waals surface area contributed by atoms with E-state index in [0.29, 0.717) is 13.0 Å². The molecule has 0 heterocycles. The molecule has 0 aliphatic carbocycles. The summed E-state index contributed by atoms with van der Waals surface area (Å²) in [7, 11) is 0. The molecule has 0 amide bonds. The maximum absolute atomic E-state index is 12.4. The zero-order valence-corrected chi connectivity index (χ0v) is 12.1. The van der Waals surface area contributed by atoms with Gasteiger partial charge in [-0.1, -0.05) is 6.92 Å². The van der Waals surface area contributed by atoms with Crippen molar-refractivity contribution in [3.05, 3.63) is 0 Å². The van der Waals surface area contributed by atoms with Crippen molar-refractivity contribution in [3.63, 3.8) is 0 Å². The summed E-state index contributed by atoms with van der Waals surface area (Å²) < 4.78 is 37.3. The standard InChI is InChI=1S/C13H24F3N3/c1-5-7-18-12(4,9-17)6-8-19(11(2)3)10-13(14,15)16/h11,18H,5-8,10H2,1-4H3. The summed E-state index contributed by atoms with van der Waals surface area (Å²) in [6.07, 6.45) is -2.95. The Morgan fingerprint density at radius 1 is 1.32 bits per heavy atom. The lowest BCUT2D eigenvalue weighted by Crippen LogP contribution is -2.47. The highest BCUT2D eigenvalue weighted by Crippen LogP contribution is 2.19. The van der Waals surface area contributed by atoms with Crippen molar-refractivity contribution >= 4 is 0 Å². The van der Waals surface area contributed by atoms with Gasteiger partial charge in [0.2, 0.25) is 0 Å². The third kappa shape index (κ3) is 8.06. The molecule has 0 radical (unpaired) electrons. The van der Waals surface area contributed by atoms with Crippen LogP contribution in [0.4, 0.5) is 13.2 Å². The van der Waals surface area contributed by atoms with Crippen LogP contribution in [-0.4, -0.2) is 42.3 Å². The second kappa shape index (κ2) is 7.71. The minimum atomic E-state index is -4.20. The van der Waals surface area contributed by atoms with E-state index in [4.69, 9.17) is 5.26 Å². The fourth-order valence-corrected chi connectivity index (χ4v) is 1.70. The average Bonchev–Trinajstić information content (AvgIpc) is 2.30. The molecule has 19 heavy (non-hydrogen) atoms. The normalized spacial score (nSPS) is 15.6. The highest BCUT2D eigenvalue weighted by atomic mass is 19.4. The van der Waals surface area contributed by atoms with Crippen molar-refractivity contribution in [3.8, 4) is 6.07 Å². The average molecular weight is 279 g/mol. The molecule has 112 valence electrons. The van der Waals surface area contributed by atoms with E-state index in [2.05, 4.69) is 11.4 Å². The van der Waals surface area contributed by atoms with Crippen LogP contribution in [-0.2, 0) is 0 Å². The second-order valence-electron chi connectivity index (χ2n) is 5.30. The summed E-state index contributed by atoms with van der Waals surface area (Å²) in [5, 5.41) is 12.2. The molecule has 3 nitrogen and oxygen atoms in total. The topological polar surface area (TPSA) is 39.1 Å². The number of halogens is 3. The van der Waals surface area contributed by atoms with E-state index in [9.17, 15) is 13.2 Å². The Balaban J connectivity index is 4.49. The van der Waals surface area contributed by atoms with Gasteiger partial charge in [0.05, 0.1) is 12.6 Å². The minimum Gasteiger partial charge on any atom is -0.300 e. The van der Waals surface area contributed by atoms with Crippen molar-refractivity contribution in [1.29, 1.82) is 5.26 Å². The molecule has 0 aromatic heterocycles. The van der Waals surface area contributed by atoms with E-state index in [1.165, 1.54) is 4.90 Å². The molecule has 1 atom stereocenters. The monoisotopic (exact) mass is 279 g/mol. The number of nitrogens with zero attached hydrogens (tertiary/aromatic N) is 2. The van der Waals surface area contributed by atoms with Crippen molar-refractivity contribution in [2.75, 3.05) is 19.6 Å². The number of nitrogens with one attached hydrogen (secondary N) is 1. The third-order valence-corrected chi connectivity index (χ3v) is 3.02. The molecule has 0 bridgehead atoms. The van der Waals surface area contributed by atoms with Gasteiger partial charge < -0.3 is 0 Å². The Hall–Kier alpha value is -0.800. The molecule has 1 N–H and O–H groups in total. The molecule has 0 saturated heterocycles. The first-order valence-corrected chi connectivity index (χ1v) is 6.60. The summed E-state index contributed by atoms with van der Waals surface area (Å²) in [6, 6.07) is 1.95. The van der Waals surface area contributed by atoms with Gasteiger partial charge >= 0.3 is 6.18 Å². The lowest BCUT2D eigenvalue weighted by Gasteiger charge is -2.31. The smallest absolute Gasteiger partial charge is 0.300 e. The van der Waals surface area contributed by atoms with Gasteiger partial charge in [0.25, 0.3) is 0 Å². The molecule has 0 aliphatic heterocycles. The molecular formula is C13H24F3N3. The van der Waals surface area contributed by atoms with Crippen molar-refractivity contribution in [2.45, 2.75) is 58.3 Å². The van der Waals surface area contributed by atoms with Gasteiger partial charge in [-0.3, -0.25) is 10.2 Å². The number of hydrogen-bond acceptors (Lipinski definition) is 3. The van der Waals surface area contributed by atoms with E-state index < -0.39 is 18.3 Å². The molecule has 0 aliphatic rings. The zero-order valence-electron chi connectivity index (χ0n) is 12.1. The first-order valence-electron chi connectivity index (χ1n) is 6.60. The van der Waals surface area contributed by atoms with Gasteiger partial charge in [-0.25, -0.2) is 0 Å². The summed E-state index contributed by atoms with van der Waals surface area (Å²) in [4.78, 5) is 1.35. The molecule has 1 unspecified atom stereocenters. The number of rotatable bonds is 8. The lowest BCUT2D eigenvalue weighted by atomic mass is 9.99. The van der Waals surface area contributed by atoms with Crippen LogP contribution in [0.15, 0.2) is 0 Å². The predicted octanol–water partition coefficient (Wildman–Crippen LogP) is 2.93. The molecule has 0 aromatic carbocycles. The second-order valence-corrected chi connectivity index (χ2v) is 5.30. The van der Waals surface area contributed by atoms with Crippen molar-refractivity contribution in [1.82, 2.24) is 10.2 Å². The fraction of sp³-hybridized carbons (Fsp3) is 0.923. The van der Waals surface area contributed by atoms with E-state index in [1.807, 2.05) is 6.92 Å². The summed E-state index contributed by atoms with van der Waals surface area (Å²) in [6.45, 7) is 7.18. The van der Waals surface area contributed by atoms with E-state index in [0.717, 1.165) is 6.42 Å². The van der Waals surface area contributed by atoms with E-state index >= 15 is 0 Å². The van der Waals surface area contributed by atoms with Crippen LogP contribution in [0.2, 0.25) is 0 Å². The van der Waals surface area contributed by atoms with Gasteiger partial charge in [0, 0.05) is 12.6 Å². The Morgan fingerprint density at radius 3 is 2.26 bits per heavy atom. The fourth-order valence-electron chi connectivity index (χ4n) is 1.70. The van der Waals surface area contributed by atoms with Crippen molar-refractivity contribution in [2.24, 2.45) is 0 Å². The SMILES string of the molecule is CCCNC(C)(C#N)CCN(CC(F)(F)F)C(C)C. The van der Waals surface area contributed by atoms with Crippen LogP contribution in [0.5, 0.6) is 0 Å². The Kier molecular flexibility index (Phi) is 7.38. The molecule has 0 fully saturated rings. The molecule has 0 rings (SSSR count). The first kappa shape index (κ1) is 18.2. The first-order chi connectivity index (χ1) is 8.63. The Morgan fingerprint density at radius 2 is 1.89 bits per heavy atom. The largest absolute Gasteiger partial charge is 0.401 e. The van der Waals surface area contributed by atoms with E-state index in [1.54, 1.807) is 20.8 Å². The molecule has 0 aromatic rings. The van der Waals surface area contributed by atoms with Crippen LogP contribution in [0, 0.1) is 11.3 Å². The van der Waals surface area contributed by atoms with Crippen molar-refractivity contribution < 1.29 is 13.2 Å². The van der Waals surface area contributed by atoms with Gasteiger partial charge in [0.1, 0.15) is 5.54 Å². The number of alkyl halides is 3. The Bertz CT molecular complexity index is 296. The maximum atomic E-state index is 12.4. The van der Waals surface area contributed by atoms with Gasteiger partial charge in [-0.15, -0.1) is 0 Å². The highest BCUT2D eigenvalue weighted by Gasteiger charge is 2.33. The maximum Gasteiger partial charge on any atom is 0.401 e. The summed E-state index contributed by atoms with van der Waals surface area (Å²) >= 11 is 0. The van der Waals surface area contributed by atoms with Crippen LogP contribution >= 0.6 is 0 Å². The van der Waals surface area contributed by atoms with E-state index in [-0.39, 0.29) is 12.6 Å². The molecular weight excluding hydrogens is 255 g/mol. The number of nitriles is 1. The summed E-state index contributed by atoms with van der Waals surface area (Å²) in [5.74, 6) is 0. The summed E-state index contributed by atoms with van der Waals surface area (Å²) in [5.41, 5.74) is -0.769. The molecule has 6 heteroatoms. The Labute approximate surface area is 113 Å². The van der Waals surface area contributed by atoms with Gasteiger partial charge in [-0.05, 0) is 40.2 Å². The van der Waals surface area contributed by atoms with Gasteiger partial charge in [-0.2, -0.15) is 18.4 Å². The third-order valence-electron chi connectivity index (χ3n) is 3.02. The van der Waals surface area contributed by atoms with Crippen LogP contribution < -0.4 is 5.32 Å². The predicted molar refractivity (Wildman–Crippen MR) is 69.7 cm³/mol. The zero-order chi connectivity index (χ0) is 15.1. The van der Waals surface area contributed by atoms with Crippen LogP contribution in [0.25, 0.3) is 0 Å². The van der Waals surface area contributed by atoms with Gasteiger partial charge in [0.15, 0.2) is 0 Å². The lowest BCUT2D eigenvalue weighted by molar-refractivity contribution is -0.150. The molecule has 0 saturated carbocycles. The van der Waals surface area contributed by atoms with Crippen LogP contribution in [0.1, 0.15) is 40.5 Å². The quantitative estimate of drug-likeness (QED) is 0.742.